The van der Waals surface area contributed by atoms with Crippen LogP contribution in [0, 0.1) is 5.92 Å². The van der Waals surface area contributed by atoms with E-state index in [1.807, 2.05) is 35.4 Å². The Morgan fingerprint density at radius 2 is 2.00 bits per heavy atom. The molecule has 1 fully saturated rings. The summed E-state index contributed by atoms with van der Waals surface area (Å²) in [4.78, 5) is 36.1. The number of methoxy groups -OCH3 is 1. The molecular weight excluding hydrogens is 350 g/mol. The van der Waals surface area contributed by atoms with E-state index in [0.717, 1.165) is 29.8 Å². The summed E-state index contributed by atoms with van der Waals surface area (Å²) in [6.07, 6.45) is 6.76. The fourth-order valence-corrected chi connectivity index (χ4v) is 3.51. The van der Waals surface area contributed by atoms with Crippen molar-refractivity contribution in [3.63, 3.8) is 0 Å². The van der Waals surface area contributed by atoms with E-state index in [-0.39, 0.29) is 17.4 Å². The molecule has 2 heterocycles. The van der Waals surface area contributed by atoms with Crippen LogP contribution in [0.15, 0.2) is 41.6 Å². The Kier molecular flexibility index (Phi) is 5.88. The maximum Gasteiger partial charge on any atom is 0.358 e. The molecule has 0 radical (unpaired) electrons. The van der Waals surface area contributed by atoms with Crippen LogP contribution in [-0.4, -0.2) is 48.2 Å². The number of rotatable bonds is 5. The molecule has 0 bridgehead atoms. The van der Waals surface area contributed by atoms with Gasteiger partial charge >= 0.3 is 5.97 Å². The van der Waals surface area contributed by atoms with E-state index in [1.54, 1.807) is 18.0 Å². The monoisotopic (exact) mass is 371 g/mol. The van der Waals surface area contributed by atoms with Crippen LogP contribution in [0.25, 0.3) is 0 Å². The largest absolute Gasteiger partial charge is 0.464 e. The quantitative estimate of drug-likeness (QED) is 0.454. The predicted octanol–water partition coefficient (Wildman–Crippen LogP) is 3.08. The predicted molar refractivity (Wildman–Crippen MR) is 101 cm³/mol. The van der Waals surface area contributed by atoms with E-state index in [0.29, 0.717) is 12.4 Å². The van der Waals surface area contributed by atoms with Crippen LogP contribution < -0.4 is 4.90 Å². The van der Waals surface area contributed by atoms with Crippen LogP contribution in [-0.2, 0) is 4.74 Å². The van der Waals surface area contributed by atoms with Crippen molar-refractivity contribution in [1.29, 1.82) is 0 Å². The first kappa shape index (κ1) is 18.4. The highest BCUT2D eigenvalue weighted by Gasteiger charge is 2.27. The fraction of sp³-hybridized carbons (Fsp3) is 0.368. The number of hydrogen-bond donors (Lipinski definition) is 0. The number of aromatic nitrogens is 2. The summed E-state index contributed by atoms with van der Waals surface area (Å²) in [6.45, 7) is 1.36. The number of anilines is 1. The van der Waals surface area contributed by atoms with E-state index in [1.165, 1.54) is 13.3 Å². The maximum absolute atomic E-state index is 12.9. The number of piperidine rings is 1. The lowest BCUT2D eigenvalue weighted by Gasteiger charge is -2.32. The summed E-state index contributed by atoms with van der Waals surface area (Å²) < 4.78 is 4.70. The number of hydrogen-bond acceptors (Lipinski definition) is 7. The topological polar surface area (TPSA) is 72.4 Å². The molecule has 0 spiro atoms. The third-order valence-corrected chi connectivity index (χ3v) is 5.25. The zero-order valence-electron chi connectivity index (χ0n) is 14.8. The third-order valence-electron chi connectivity index (χ3n) is 4.51. The van der Waals surface area contributed by atoms with Crippen LogP contribution >= 0.6 is 11.8 Å². The molecule has 0 N–H and O–H groups in total. The summed E-state index contributed by atoms with van der Waals surface area (Å²) in [5, 5.41) is 0. The van der Waals surface area contributed by atoms with Crippen molar-refractivity contribution < 1.29 is 14.3 Å². The average Bonchev–Trinajstić information content (AvgIpc) is 2.73. The molecule has 26 heavy (non-hydrogen) atoms. The highest BCUT2D eigenvalue weighted by molar-refractivity contribution is 7.98. The number of ether oxygens (including phenoxy) is 1. The zero-order valence-corrected chi connectivity index (χ0v) is 15.7. The Labute approximate surface area is 157 Å². The van der Waals surface area contributed by atoms with E-state index in [9.17, 15) is 9.59 Å². The van der Waals surface area contributed by atoms with Gasteiger partial charge in [-0.1, -0.05) is 12.1 Å². The molecule has 1 atom stereocenters. The highest BCUT2D eigenvalue weighted by Crippen LogP contribution is 2.25. The number of carbonyl (C=O) groups is 2. The molecule has 3 rings (SSSR count). The van der Waals surface area contributed by atoms with Gasteiger partial charge in [-0.3, -0.25) is 9.78 Å². The molecule has 1 aromatic heterocycles. The van der Waals surface area contributed by atoms with Crippen LogP contribution in [0.2, 0.25) is 0 Å². The molecule has 0 saturated carbocycles. The second-order valence-electron chi connectivity index (χ2n) is 6.13. The zero-order chi connectivity index (χ0) is 18.5. The Hall–Kier alpha value is -2.41. The first-order valence-electron chi connectivity index (χ1n) is 8.46. The summed E-state index contributed by atoms with van der Waals surface area (Å²) in [7, 11) is 1.31. The smallest absolute Gasteiger partial charge is 0.358 e. The highest BCUT2D eigenvalue weighted by atomic mass is 32.2. The van der Waals surface area contributed by atoms with Gasteiger partial charge in [0.25, 0.3) is 0 Å². The van der Waals surface area contributed by atoms with E-state index >= 15 is 0 Å². The Morgan fingerprint density at radius 3 is 2.69 bits per heavy atom. The molecule has 1 aliphatic rings. The SMILES string of the molecule is COC(=O)c1cncc(N2CCCC(C(=O)c3ccc(SC)cc3)C2)n1. The van der Waals surface area contributed by atoms with Gasteiger partial charge in [0.15, 0.2) is 11.5 Å². The third kappa shape index (κ3) is 4.04. The van der Waals surface area contributed by atoms with Gasteiger partial charge < -0.3 is 9.64 Å². The maximum atomic E-state index is 12.9. The van der Waals surface area contributed by atoms with Gasteiger partial charge in [-0.2, -0.15) is 0 Å². The number of thioether (sulfide) groups is 1. The molecule has 136 valence electrons. The summed E-state index contributed by atoms with van der Waals surface area (Å²) in [5.74, 6) is 0.146. The standard InChI is InChI=1S/C19H21N3O3S/c1-25-19(24)16-10-20-11-17(21-16)22-9-3-4-14(12-22)18(23)13-5-7-15(26-2)8-6-13/h5-8,10-11,14H,3-4,9,12H2,1-2H3. The first-order valence-corrected chi connectivity index (χ1v) is 9.68. The molecule has 1 aromatic carbocycles. The Balaban J connectivity index is 1.74. The number of nitrogens with zero attached hydrogens (tertiary/aromatic N) is 3. The fourth-order valence-electron chi connectivity index (χ4n) is 3.10. The Bertz CT molecular complexity index is 795. The second-order valence-corrected chi connectivity index (χ2v) is 7.01. The van der Waals surface area contributed by atoms with Gasteiger partial charge in [0.2, 0.25) is 0 Å². The molecule has 1 saturated heterocycles. The van der Waals surface area contributed by atoms with Crippen LogP contribution in [0.4, 0.5) is 5.82 Å². The van der Waals surface area contributed by atoms with Crippen LogP contribution in [0.1, 0.15) is 33.7 Å². The molecule has 7 heteroatoms. The van der Waals surface area contributed by atoms with Crippen LogP contribution in [0.5, 0.6) is 0 Å². The first-order chi connectivity index (χ1) is 12.6. The normalized spacial score (nSPS) is 17.0. The number of esters is 1. The van der Waals surface area contributed by atoms with Gasteiger partial charge in [-0.25, -0.2) is 9.78 Å². The van der Waals surface area contributed by atoms with Crippen LogP contribution in [0.3, 0.4) is 0 Å². The molecular formula is C19H21N3O3S. The number of ketones is 1. The average molecular weight is 371 g/mol. The van der Waals surface area contributed by atoms with Gasteiger partial charge in [0.05, 0.1) is 19.5 Å². The lowest BCUT2D eigenvalue weighted by Crippen LogP contribution is -2.39. The van der Waals surface area contributed by atoms with E-state index in [2.05, 4.69) is 9.97 Å². The lowest BCUT2D eigenvalue weighted by molar-refractivity contribution is 0.0593. The number of carbonyl (C=O) groups excluding carboxylic acids is 2. The summed E-state index contributed by atoms with van der Waals surface area (Å²) in [6, 6.07) is 7.74. The van der Waals surface area contributed by atoms with Crippen molar-refractivity contribution >= 4 is 29.3 Å². The number of benzene rings is 1. The number of Topliss-reactive ketones (excluding diaryl/α,β-unsaturated/α-hetero) is 1. The lowest BCUT2D eigenvalue weighted by atomic mass is 9.90. The van der Waals surface area contributed by atoms with Crippen molar-refractivity contribution in [3.05, 3.63) is 47.9 Å². The van der Waals surface area contributed by atoms with Crippen molar-refractivity contribution in [1.82, 2.24) is 9.97 Å². The van der Waals surface area contributed by atoms with Crippen molar-refractivity contribution in [2.45, 2.75) is 17.7 Å². The van der Waals surface area contributed by atoms with Crippen molar-refractivity contribution in [3.8, 4) is 0 Å². The van der Waals surface area contributed by atoms with Crippen molar-refractivity contribution in [2.24, 2.45) is 5.92 Å². The minimum Gasteiger partial charge on any atom is -0.464 e. The second kappa shape index (κ2) is 8.31. The van der Waals surface area contributed by atoms with Gasteiger partial charge in [-0.05, 0) is 31.2 Å². The van der Waals surface area contributed by atoms with Gasteiger partial charge in [-0.15, -0.1) is 11.8 Å². The van der Waals surface area contributed by atoms with Crippen molar-refractivity contribution in [2.75, 3.05) is 31.4 Å². The summed E-state index contributed by atoms with van der Waals surface area (Å²) >= 11 is 1.66. The van der Waals surface area contributed by atoms with E-state index in [4.69, 9.17) is 4.74 Å². The molecule has 2 aromatic rings. The minimum atomic E-state index is -0.516. The minimum absolute atomic E-state index is 0.0903. The van der Waals surface area contributed by atoms with Gasteiger partial charge in [0.1, 0.15) is 5.82 Å². The Morgan fingerprint density at radius 1 is 1.23 bits per heavy atom. The molecule has 1 unspecified atom stereocenters. The van der Waals surface area contributed by atoms with E-state index < -0.39 is 5.97 Å². The molecule has 0 amide bonds. The van der Waals surface area contributed by atoms with Gasteiger partial charge in [0, 0.05) is 29.5 Å². The molecule has 0 aliphatic carbocycles. The summed E-state index contributed by atoms with van der Waals surface area (Å²) in [5.41, 5.74) is 0.912. The molecule has 6 nitrogen and oxygen atoms in total. The molecule has 1 aliphatic heterocycles.